The van der Waals surface area contributed by atoms with Crippen molar-refractivity contribution >= 4 is 21.9 Å². The number of nitrogens with zero attached hydrogens (tertiary/aromatic N) is 3. The zero-order valence-electron chi connectivity index (χ0n) is 19.9. The molecule has 1 amide bonds. The quantitative estimate of drug-likeness (QED) is 0.527. The van der Waals surface area contributed by atoms with E-state index in [0.29, 0.717) is 18.0 Å². The molecule has 1 N–H and O–H groups in total. The highest BCUT2D eigenvalue weighted by molar-refractivity contribution is 7.89. The molecule has 1 aliphatic carbocycles. The van der Waals surface area contributed by atoms with Gasteiger partial charge in [0, 0.05) is 23.7 Å². The molecule has 1 aromatic heterocycles. The van der Waals surface area contributed by atoms with Gasteiger partial charge in [0.05, 0.1) is 4.90 Å². The Hall–Kier alpha value is -3.04. The Morgan fingerprint density at radius 3 is 2.57 bits per heavy atom. The second kappa shape index (κ2) is 9.91. The van der Waals surface area contributed by atoms with Gasteiger partial charge in [-0.15, -0.1) is 5.10 Å². The lowest BCUT2D eigenvalue weighted by Gasteiger charge is -2.34. The van der Waals surface area contributed by atoms with Crippen LogP contribution in [-0.2, 0) is 22.9 Å². The second-order valence-electron chi connectivity index (χ2n) is 9.26. The van der Waals surface area contributed by atoms with Crippen LogP contribution < -0.4 is 5.32 Å². The van der Waals surface area contributed by atoms with Gasteiger partial charge in [-0.2, -0.15) is 4.31 Å². The first-order valence-corrected chi connectivity index (χ1v) is 13.8. The van der Waals surface area contributed by atoms with E-state index in [1.54, 1.807) is 4.31 Å². The molecule has 5 rings (SSSR count). The van der Waals surface area contributed by atoms with Gasteiger partial charge < -0.3 is 4.42 Å². The van der Waals surface area contributed by atoms with Crippen LogP contribution in [0.4, 0.5) is 6.01 Å². The Bertz CT molecular complexity index is 1320. The van der Waals surface area contributed by atoms with Crippen LogP contribution in [0.3, 0.4) is 0 Å². The van der Waals surface area contributed by atoms with E-state index < -0.39 is 15.9 Å². The van der Waals surface area contributed by atoms with Crippen molar-refractivity contribution in [3.63, 3.8) is 0 Å². The van der Waals surface area contributed by atoms with E-state index in [0.717, 1.165) is 44.1 Å². The van der Waals surface area contributed by atoms with Crippen LogP contribution in [0.25, 0.3) is 11.5 Å². The van der Waals surface area contributed by atoms with Gasteiger partial charge in [0.2, 0.25) is 15.9 Å². The van der Waals surface area contributed by atoms with E-state index in [9.17, 15) is 13.2 Å². The number of carbonyl (C=O) groups excluding carboxylic acids is 1. The highest BCUT2D eigenvalue weighted by Crippen LogP contribution is 2.29. The van der Waals surface area contributed by atoms with Gasteiger partial charge in [-0.3, -0.25) is 10.1 Å². The number of hydrogen-bond donors (Lipinski definition) is 1. The maximum atomic E-state index is 13.1. The molecular formula is C26H30N4O4S. The fourth-order valence-electron chi connectivity index (χ4n) is 5.04. The fraction of sp³-hybridized carbons (Fsp3) is 0.423. The first kappa shape index (κ1) is 23.7. The SMILES string of the molecule is CC[C@H]1CCCCN1S(=O)(=O)c1ccc(C(=O)Nc2nnc(-c3ccc4c(c3)CCCC4)o2)cc1. The Morgan fingerprint density at radius 2 is 1.80 bits per heavy atom. The van der Waals surface area contributed by atoms with Crippen molar-refractivity contribution < 1.29 is 17.6 Å². The molecule has 1 saturated heterocycles. The van der Waals surface area contributed by atoms with Crippen LogP contribution in [0.2, 0.25) is 0 Å². The lowest BCUT2D eigenvalue weighted by molar-refractivity contribution is 0.102. The molecule has 0 saturated carbocycles. The third-order valence-electron chi connectivity index (χ3n) is 7.01. The van der Waals surface area contributed by atoms with Gasteiger partial charge in [0.15, 0.2) is 0 Å². The summed E-state index contributed by atoms with van der Waals surface area (Å²) in [5, 5.41) is 10.6. The highest BCUT2D eigenvalue weighted by Gasteiger charge is 2.32. The monoisotopic (exact) mass is 494 g/mol. The van der Waals surface area contributed by atoms with Crippen molar-refractivity contribution in [3.05, 3.63) is 59.2 Å². The first-order valence-electron chi connectivity index (χ1n) is 12.3. The molecule has 1 atom stereocenters. The molecule has 1 aliphatic heterocycles. The van der Waals surface area contributed by atoms with E-state index in [-0.39, 0.29) is 17.0 Å². The standard InChI is InChI=1S/C26H30N4O4S/c1-2-22-9-5-6-16-30(22)35(32,33)23-14-12-19(13-15-23)24(31)27-26-29-28-25(34-26)21-11-10-18-7-3-4-8-20(18)17-21/h10-15,17,22H,2-9,16H2,1H3,(H,27,29,31)/t22-/m0/s1. The molecule has 9 heteroatoms. The van der Waals surface area contributed by atoms with E-state index in [2.05, 4.69) is 27.6 Å². The number of nitrogens with one attached hydrogen (secondary N) is 1. The molecule has 35 heavy (non-hydrogen) atoms. The zero-order valence-corrected chi connectivity index (χ0v) is 20.7. The maximum absolute atomic E-state index is 13.1. The van der Waals surface area contributed by atoms with Crippen molar-refractivity contribution in [3.8, 4) is 11.5 Å². The summed E-state index contributed by atoms with van der Waals surface area (Å²) in [7, 11) is -3.60. The van der Waals surface area contributed by atoms with Gasteiger partial charge in [0.1, 0.15) is 0 Å². The summed E-state index contributed by atoms with van der Waals surface area (Å²) < 4.78 is 33.6. The minimum absolute atomic E-state index is 0.00137. The van der Waals surface area contributed by atoms with Crippen LogP contribution in [-0.4, -0.2) is 41.4 Å². The maximum Gasteiger partial charge on any atom is 0.322 e. The molecule has 8 nitrogen and oxygen atoms in total. The number of hydrogen-bond acceptors (Lipinski definition) is 6. The third kappa shape index (κ3) is 4.88. The molecule has 2 aliphatic rings. The Balaban J connectivity index is 1.27. The molecule has 2 heterocycles. The third-order valence-corrected chi connectivity index (χ3v) is 8.97. The number of amides is 1. The van der Waals surface area contributed by atoms with Crippen molar-refractivity contribution in [2.45, 2.75) is 69.2 Å². The summed E-state index contributed by atoms with van der Waals surface area (Å²) in [6.07, 6.45) is 8.13. The lowest BCUT2D eigenvalue weighted by Crippen LogP contribution is -2.43. The number of anilines is 1. The molecule has 0 bridgehead atoms. The van der Waals surface area contributed by atoms with E-state index >= 15 is 0 Å². The lowest BCUT2D eigenvalue weighted by atomic mass is 9.90. The predicted molar refractivity (Wildman–Crippen MR) is 133 cm³/mol. The molecule has 3 aromatic rings. The van der Waals surface area contributed by atoms with Crippen LogP contribution in [0, 0.1) is 0 Å². The minimum Gasteiger partial charge on any atom is -0.403 e. The number of piperidine rings is 1. The van der Waals surface area contributed by atoms with Gasteiger partial charge in [-0.05, 0) is 92.5 Å². The van der Waals surface area contributed by atoms with Crippen LogP contribution >= 0.6 is 0 Å². The van der Waals surface area contributed by atoms with Crippen molar-refractivity contribution in [2.24, 2.45) is 0 Å². The summed E-state index contributed by atoms with van der Waals surface area (Å²) in [6.45, 7) is 2.55. The van der Waals surface area contributed by atoms with Crippen molar-refractivity contribution in [1.29, 1.82) is 0 Å². The second-order valence-corrected chi connectivity index (χ2v) is 11.1. The number of rotatable bonds is 6. The van der Waals surface area contributed by atoms with Crippen molar-refractivity contribution in [2.75, 3.05) is 11.9 Å². The van der Waals surface area contributed by atoms with E-state index in [1.165, 1.54) is 48.2 Å². The number of benzene rings is 2. The van der Waals surface area contributed by atoms with Crippen LogP contribution in [0.5, 0.6) is 0 Å². The van der Waals surface area contributed by atoms with Crippen LogP contribution in [0.1, 0.15) is 66.9 Å². The number of carbonyl (C=O) groups is 1. The fourth-order valence-corrected chi connectivity index (χ4v) is 6.81. The average Bonchev–Trinajstić information content (AvgIpc) is 3.37. The number of fused-ring (bicyclic) bond motifs is 1. The molecule has 2 aromatic carbocycles. The smallest absolute Gasteiger partial charge is 0.322 e. The normalized spacial score (nSPS) is 18.7. The van der Waals surface area contributed by atoms with Gasteiger partial charge >= 0.3 is 6.01 Å². The molecule has 184 valence electrons. The summed E-state index contributed by atoms with van der Waals surface area (Å²) in [4.78, 5) is 12.9. The minimum atomic E-state index is -3.60. The van der Waals surface area contributed by atoms with E-state index in [4.69, 9.17) is 4.42 Å². The number of aromatic nitrogens is 2. The van der Waals surface area contributed by atoms with Gasteiger partial charge in [-0.1, -0.05) is 24.5 Å². The average molecular weight is 495 g/mol. The highest BCUT2D eigenvalue weighted by atomic mass is 32.2. The van der Waals surface area contributed by atoms with Gasteiger partial charge in [0.25, 0.3) is 5.91 Å². The number of sulfonamides is 1. The molecule has 0 unspecified atom stereocenters. The molecule has 0 spiro atoms. The zero-order chi connectivity index (χ0) is 24.4. The molecule has 0 radical (unpaired) electrons. The number of aryl methyl sites for hydroxylation is 2. The molecule has 1 fully saturated rings. The first-order chi connectivity index (χ1) is 17.0. The topological polar surface area (TPSA) is 105 Å². The molecular weight excluding hydrogens is 464 g/mol. The predicted octanol–water partition coefficient (Wildman–Crippen LogP) is 4.82. The summed E-state index contributed by atoms with van der Waals surface area (Å²) >= 11 is 0. The Morgan fingerprint density at radius 1 is 1.03 bits per heavy atom. The van der Waals surface area contributed by atoms with Gasteiger partial charge in [-0.25, -0.2) is 8.42 Å². The Labute approximate surface area is 205 Å². The van der Waals surface area contributed by atoms with Crippen molar-refractivity contribution in [1.82, 2.24) is 14.5 Å². The van der Waals surface area contributed by atoms with E-state index in [1.807, 2.05) is 13.0 Å². The summed E-state index contributed by atoms with van der Waals surface area (Å²) in [5.41, 5.74) is 3.81. The largest absolute Gasteiger partial charge is 0.403 e. The Kier molecular flexibility index (Phi) is 6.71. The van der Waals surface area contributed by atoms with Crippen LogP contribution in [0.15, 0.2) is 51.8 Å². The summed E-state index contributed by atoms with van der Waals surface area (Å²) in [6, 6.07) is 12.2. The summed E-state index contributed by atoms with van der Waals surface area (Å²) in [5.74, 6) is -0.0962.